The molecular weight excluding hydrogens is 428 g/mol. The van der Waals surface area contributed by atoms with Crippen molar-refractivity contribution in [2.24, 2.45) is 11.8 Å². The van der Waals surface area contributed by atoms with E-state index >= 15 is 0 Å². The Morgan fingerprint density at radius 2 is 2.09 bits per heavy atom. The lowest BCUT2D eigenvalue weighted by molar-refractivity contribution is 0.196. The van der Waals surface area contributed by atoms with E-state index in [9.17, 15) is 4.79 Å². The highest BCUT2D eigenvalue weighted by molar-refractivity contribution is 5.79. The third-order valence-electron chi connectivity index (χ3n) is 7.12. The number of hydrogen-bond acceptors (Lipinski definition) is 5. The van der Waals surface area contributed by atoms with Gasteiger partial charge in [0, 0.05) is 30.1 Å². The maximum Gasteiger partial charge on any atom is 0.274 e. The van der Waals surface area contributed by atoms with Gasteiger partial charge >= 0.3 is 0 Å². The zero-order chi connectivity index (χ0) is 23.7. The Morgan fingerprint density at radius 3 is 2.82 bits per heavy atom. The Kier molecular flexibility index (Phi) is 6.32. The van der Waals surface area contributed by atoms with E-state index in [0.29, 0.717) is 24.1 Å². The summed E-state index contributed by atoms with van der Waals surface area (Å²) in [5.74, 6) is 7.83. The van der Waals surface area contributed by atoms with Crippen LogP contribution in [0.4, 0.5) is 0 Å². The van der Waals surface area contributed by atoms with Gasteiger partial charge in [0.05, 0.1) is 29.7 Å². The first-order valence-corrected chi connectivity index (χ1v) is 12.3. The Hall–Kier alpha value is -3.26. The minimum absolute atomic E-state index is 0.0240. The second-order valence-corrected chi connectivity index (χ2v) is 9.42. The highest BCUT2D eigenvalue weighted by Crippen LogP contribution is 2.33. The van der Waals surface area contributed by atoms with Crippen LogP contribution in [0.3, 0.4) is 0 Å². The van der Waals surface area contributed by atoms with E-state index in [4.69, 9.17) is 10.6 Å². The SMILES string of the molecule is CC1=C(n2[nH]c(C3=CCCC=C3N(N)CC3C=CC(n4cccn4)CC3)c(C)c2=O)CCCO1. The molecule has 5 rings (SSSR count). The summed E-state index contributed by atoms with van der Waals surface area (Å²) in [6.07, 6.45) is 18.4. The lowest BCUT2D eigenvalue weighted by Crippen LogP contribution is -2.36. The number of ether oxygens (including phenoxy) is 1. The minimum Gasteiger partial charge on any atom is -0.496 e. The van der Waals surface area contributed by atoms with Crippen molar-refractivity contribution in [1.82, 2.24) is 24.6 Å². The van der Waals surface area contributed by atoms with Crippen LogP contribution in [0.25, 0.3) is 11.3 Å². The number of allylic oxidation sites excluding steroid dienone is 6. The van der Waals surface area contributed by atoms with Crippen LogP contribution < -0.4 is 11.4 Å². The van der Waals surface area contributed by atoms with Crippen molar-refractivity contribution >= 4 is 11.3 Å². The molecule has 1 aliphatic heterocycles. The number of aromatic nitrogens is 4. The minimum atomic E-state index is -0.0240. The fourth-order valence-corrected chi connectivity index (χ4v) is 5.19. The van der Waals surface area contributed by atoms with Gasteiger partial charge in [0.2, 0.25) is 0 Å². The van der Waals surface area contributed by atoms with E-state index in [1.807, 2.05) is 42.0 Å². The molecule has 2 aliphatic carbocycles. The Labute approximate surface area is 200 Å². The van der Waals surface area contributed by atoms with E-state index in [1.165, 1.54) is 0 Å². The number of H-pyrrole nitrogens is 1. The molecule has 8 nitrogen and oxygen atoms in total. The van der Waals surface area contributed by atoms with Crippen LogP contribution >= 0.6 is 0 Å². The van der Waals surface area contributed by atoms with Gasteiger partial charge in [-0.3, -0.25) is 14.6 Å². The summed E-state index contributed by atoms with van der Waals surface area (Å²) in [6.45, 7) is 5.25. The quantitative estimate of drug-likeness (QED) is 0.383. The van der Waals surface area contributed by atoms with E-state index in [0.717, 1.165) is 73.5 Å². The van der Waals surface area contributed by atoms with E-state index in [2.05, 4.69) is 34.5 Å². The third-order valence-corrected chi connectivity index (χ3v) is 7.12. The standard InChI is InChI=1S/C26H34N6O2/c1-18-25(29-32(26(18)33)23-9-5-16-34-19(23)2)22-7-3-4-8-24(22)30(27)17-20-10-12-21(13-11-20)31-15-6-14-28-31/h6-8,10,12,14-15,20-21,29H,3-5,9,11,13,16-17,27H2,1-2H3. The molecule has 0 saturated carbocycles. The number of nitrogens with one attached hydrogen (secondary N) is 1. The molecule has 0 bridgehead atoms. The number of nitrogens with zero attached hydrogens (tertiary/aromatic N) is 4. The van der Waals surface area contributed by atoms with Crippen molar-refractivity contribution in [3.63, 3.8) is 0 Å². The summed E-state index contributed by atoms with van der Waals surface area (Å²) in [4.78, 5) is 13.1. The predicted octanol–water partition coefficient (Wildman–Crippen LogP) is 4.12. The van der Waals surface area contributed by atoms with Crippen LogP contribution in [0.1, 0.15) is 62.7 Å². The number of hydrazine groups is 1. The first-order valence-electron chi connectivity index (χ1n) is 12.3. The summed E-state index contributed by atoms with van der Waals surface area (Å²) in [5.41, 5.74) is 4.43. The number of hydrogen-bond donors (Lipinski definition) is 2. The fourth-order valence-electron chi connectivity index (χ4n) is 5.19. The van der Waals surface area contributed by atoms with Gasteiger partial charge in [0.15, 0.2) is 0 Å². The van der Waals surface area contributed by atoms with Crippen LogP contribution in [-0.4, -0.2) is 37.7 Å². The first-order chi connectivity index (χ1) is 16.5. The molecule has 34 heavy (non-hydrogen) atoms. The van der Waals surface area contributed by atoms with Crippen LogP contribution in [0.2, 0.25) is 0 Å². The molecule has 3 aliphatic rings. The summed E-state index contributed by atoms with van der Waals surface area (Å²) in [6, 6.07) is 2.28. The Bertz CT molecular complexity index is 1210. The molecule has 2 unspecified atom stereocenters. The van der Waals surface area contributed by atoms with Crippen LogP contribution in [0.5, 0.6) is 0 Å². The second kappa shape index (κ2) is 9.54. The number of rotatable bonds is 6. The molecule has 0 spiro atoms. The van der Waals surface area contributed by atoms with Gasteiger partial charge in [-0.25, -0.2) is 10.5 Å². The van der Waals surface area contributed by atoms with Crippen molar-refractivity contribution in [2.75, 3.05) is 13.2 Å². The van der Waals surface area contributed by atoms with Crippen molar-refractivity contribution in [1.29, 1.82) is 0 Å². The second-order valence-electron chi connectivity index (χ2n) is 9.42. The summed E-state index contributed by atoms with van der Waals surface area (Å²) < 4.78 is 9.37. The van der Waals surface area contributed by atoms with Crippen molar-refractivity contribution in [3.05, 3.63) is 75.8 Å². The molecule has 0 aromatic carbocycles. The molecule has 8 heteroatoms. The van der Waals surface area contributed by atoms with Gasteiger partial charge in [-0.15, -0.1) is 0 Å². The molecule has 2 aromatic rings. The largest absolute Gasteiger partial charge is 0.496 e. The van der Waals surface area contributed by atoms with Crippen LogP contribution in [0.15, 0.2) is 59.0 Å². The van der Waals surface area contributed by atoms with Crippen LogP contribution in [0, 0.1) is 12.8 Å². The molecule has 3 heterocycles. The lowest BCUT2D eigenvalue weighted by atomic mass is 9.91. The zero-order valence-electron chi connectivity index (χ0n) is 20.0. The van der Waals surface area contributed by atoms with E-state index in [-0.39, 0.29) is 5.56 Å². The summed E-state index contributed by atoms with van der Waals surface area (Å²) in [7, 11) is 0. The molecule has 0 radical (unpaired) electrons. The van der Waals surface area contributed by atoms with Crippen molar-refractivity contribution in [2.45, 2.75) is 58.4 Å². The topological polar surface area (TPSA) is 94.1 Å². The molecular formula is C26H34N6O2. The molecule has 0 fully saturated rings. The average Bonchev–Trinajstić information content (AvgIpc) is 3.49. The lowest BCUT2D eigenvalue weighted by Gasteiger charge is -2.31. The van der Waals surface area contributed by atoms with Gasteiger partial charge in [-0.05, 0) is 64.4 Å². The van der Waals surface area contributed by atoms with Gasteiger partial charge in [0.1, 0.15) is 5.76 Å². The molecule has 3 N–H and O–H groups in total. The van der Waals surface area contributed by atoms with E-state index in [1.54, 1.807) is 4.68 Å². The highest BCUT2D eigenvalue weighted by atomic mass is 16.5. The maximum absolute atomic E-state index is 13.1. The molecule has 0 amide bonds. The summed E-state index contributed by atoms with van der Waals surface area (Å²) in [5, 5.41) is 9.61. The Morgan fingerprint density at radius 1 is 1.24 bits per heavy atom. The van der Waals surface area contributed by atoms with Gasteiger partial charge in [-0.1, -0.05) is 24.3 Å². The molecule has 180 valence electrons. The van der Waals surface area contributed by atoms with Crippen LogP contribution in [-0.2, 0) is 4.74 Å². The van der Waals surface area contributed by atoms with Gasteiger partial charge in [-0.2, -0.15) is 5.10 Å². The third kappa shape index (κ3) is 4.30. The first kappa shape index (κ1) is 22.5. The zero-order valence-corrected chi connectivity index (χ0v) is 20.0. The van der Waals surface area contributed by atoms with Gasteiger partial charge < -0.3 is 9.75 Å². The smallest absolute Gasteiger partial charge is 0.274 e. The van der Waals surface area contributed by atoms with Crippen molar-refractivity contribution in [3.8, 4) is 0 Å². The Balaban J connectivity index is 1.35. The van der Waals surface area contributed by atoms with E-state index < -0.39 is 0 Å². The maximum atomic E-state index is 13.1. The monoisotopic (exact) mass is 462 g/mol. The normalized spacial score (nSPS) is 22.9. The average molecular weight is 463 g/mol. The molecule has 2 aromatic heterocycles. The summed E-state index contributed by atoms with van der Waals surface area (Å²) >= 11 is 0. The van der Waals surface area contributed by atoms with Crippen molar-refractivity contribution < 1.29 is 4.74 Å². The van der Waals surface area contributed by atoms with Gasteiger partial charge in [0.25, 0.3) is 5.56 Å². The number of nitrogens with two attached hydrogens (primary N) is 1. The predicted molar refractivity (Wildman–Crippen MR) is 133 cm³/mol. The molecule has 0 saturated heterocycles. The molecule has 2 atom stereocenters. The fraction of sp³-hybridized carbons (Fsp3) is 0.462. The number of aromatic amines is 1. The highest BCUT2D eigenvalue weighted by Gasteiger charge is 2.26.